The van der Waals surface area contributed by atoms with Crippen LogP contribution in [-0.4, -0.2) is 77.8 Å². The average molecular weight is 552 g/mol. The molecule has 2 aliphatic rings. The second-order valence-electron chi connectivity index (χ2n) is 9.66. The number of methoxy groups -OCH3 is 1. The van der Waals surface area contributed by atoms with Crippen LogP contribution in [0.4, 0.5) is 4.39 Å². The van der Waals surface area contributed by atoms with Crippen LogP contribution in [0.2, 0.25) is 0 Å². The summed E-state index contributed by atoms with van der Waals surface area (Å²) < 4.78 is 25.6. The Morgan fingerprint density at radius 3 is 2.58 bits per heavy atom. The Hall–Kier alpha value is -4.29. The molecular formula is C28H30FN5O6. The number of aromatic nitrogens is 2. The van der Waals surface area contributed by atoms with Gasteiger partial charge in [-0.2, -0.15) is 0 Å². The van der Waals surface area contributed by atoms with Crippen molar-refractivity contribution in [3.8, 4) is 11.5 Å². The monoisotopic (exact) mass is 551 g/mol. The number of halogens is 1. The Morgan fingerprint density at radius 1 is 1.12 bits per heavy atom. The zero-order chi connectivity index (χ0) is 28.2. The third-order valence-corrected chi connectivity index (χ3v) is 6.94. The molecule has 1 fully saturated rings. The summed E-state index contributed by atoms with van der Waals surface area (Å²) in [5.41, 5.74) is -0.0450. The summed E-state index contributed by atoms with van der Waals surface area (Å²) in [5.74, 6) is -2.34. The van der Waals surface area contributed by atoms with Gasteiger partial charge in [-0.1, -0.05) is 12.1 Å². The summed E-state index contributed by atoms with van der Waals surface area (Å²) in [5, 5.41) is 16.3. The van der Waals surface area contributed by atoms with E-state index in [0.717, 1.165) is 36.1 Å². The molecule has 4 heterocycles. The van der Waals surface area contributed by atoms with Crippen molar-refractivity contribution < 1.29 is 28.6 Å². The van der Waals surface area contributed by atoms with E-state index in [0.29, 0.717) is 18.7 Å². The quantitative estimate of drug-likeness (QED) is 0.324. The van der Waals surface area contributed by atoms with Crippen LogP contribution in [0.5, 0.6) is 11.5 Å². The van der Waals surface area contributed by atoms with Crippen LogP contribution in [0, 0.1) is 5.82 Å². The van der Waals surface area contributed by atoms with Gasteiger partial charge < -0.3 is 30.1 Å². The molecule has 3 N–H and O–H groups in total. The van der Waals surface area contributed by atoms with E-state index in [1.165, 1.54) is 31.6 Å². The van der Waals surface area contributed by atoms with Crippen molar-refractivity contribution >= 4 is 29.0 Å². The van der Waals surface area contributed by atoms with Gasteiger partial charge in [0.05, 0.1) is 12.8 Å². The molecule has 2 amide bonds. The molecule has 0 atom stereocenters. The Bertz CT molecular complexity index is 1530. The van der Waals surface area contributed by atoms with Crippen molar-refractivity contribution in [1.29, 1.82) is 0 Å². The standard InChI is InChI=1S/C28H30FN5O6/c1-39-13-9-31-27(37)21-24(35)22-23-25(18(15-32-22)14-17-4-6-19(29)7-5-17)40-20(16-34(23)28(21)38)26(36)30-8-12-33-10-2-3-11-33/h4-7,15-16,35H,2-3,8-14H2,1H3,(H,30,36)(H,31,37). The number of pyridine rings is 2. The fraction of sp³-hybridized carbons (Fsp3) is 0.357. The van der Waals surface area contributed by atoms with E-state index in [1.807, 2.05) is 0 Å². The maximum absolute atomic E-state index is 13.6. The summed E-state index contributed by atoms with van der Waals surface area (Å²) in [7, 11) is 1.47. The molecule has 1 saturated heterocycles. The second-order valence-corrected chi connectivity index (χ2v) is 9.66. The molecule has 11 nitrogen and oxygen atoms in total. The number of hydrogen-bond donors (Lipinski definition) is 3. The molecule has 0 spiro atoms. The van der Waals surface area contributed by atoms with E-state index in [9.17, 15) is 23.9 Å². The van der Waals surface area contributed by atoms with Crippen molar-refractivity contribution in [3.05, 3.63) is 69.1 Å². The average Bonchev–Trinajstić information content (AvgIpc) is 3.47. The van der Waals surface area contributed by atoms with Gasteiger partial charge in [-0.15, -0.1) is 0 Å². The maximum Gasteiger partial charge on any atom is 0.288 e. The highest BCUT2D eigenvalue weighted by Gasteiger charge is 2.30. The molecule has 0 bridgehead atoms. The minimum atomic E-state index is -0.840. The van der Waals surface area contributed by atoms with Crippen molar-refractivity contribution in [2.45, 2.75) is 19.3 Å². The number of benzene rings is 1. The zero-order valence-corrected chi connectivity index (χ0v) is 22.0. The number of nitrogens with zero attached hydrogens (tertiary/aromatic N) is 3. The fourth-order valence-corrected chi connectivity index (χ4v) is 4.88. The number of hydrogen-bond acceptors (Lipinski definition) is 8. The Morgan fingerprint density at radius 2 is 1.85 bits per heavy atom. The van der Waals surface area contributed by atoms with Crippen LogP contribution in [0.25, 0.3) is 17.2 Å². The first kappa shape index (κ1) is 27.3. The lowest BCUT2D eigenvalue weighted by molar-refractivity contribution is -0.119. The largest absolute Gasteiger partial charge is 0.505 e. The number of carbonyl (C=O) groups excluding carboxylic acids is 2. The number of ether oxygens (including phenoxy) is 2. The third-order valence-electron chi connectivity index (χ3n) is 6.94. The highest BCUT2D eigenvalue weighted by atomic mass is 19.1. The smallest absolute Gasteiger partial charge is 0.288 e. The molecule has 2 aliphatic heterocycles. The van der Waals surface area contributed by atoms with Crippen molar-refractivity contribution in [2.24, 2.45) is 0 Å². The molecule has 40 heavy (non-hydrogen) atoms. The van der Waals surface area contributed by atoms with Crippen molar-refractivity contribution in [3.63, 3.8) is 0 Å². The highest BCUT2D eigenvalue weighted by molar-refractivity contribution is 6.04. The van der Waals surface area contributed by atoms with E-state index in [4.69, 9.17) is 9.47 Å². The van der Waals surface area contributed by atoms with Crippen LogP contribution in [-0.2, 0) is 16.0 Å². The van der Waals surface area contributed by atoms with E-state index in [-0.39, 0.29) is 47.9 Å². The predicted molar refractivity (Wildman–Crippen MR) is 145 cm³/mol. The number of likely N-dealkylation sites (tertiary alicyclic amines) is 1. The fourth-order valence-electron chi connectivity index (χ4n) is 4.88. The molecule has 3 aromatic rings. The minimum Gasteiger partial charge on any atom is -0.505 e. The van der Waals surface area contributed by atoms with Gasteiger partial charge in [0.15, 0.2) is 11.5 Å². The molecule has 0 radical (unpaired) electrons. The summed E-state index contributed by atoms with van der Waals surface area (Å²) >= 11 is 0. The lowest BCUT2D eigenvalue weighted by Gasteiger charge is -2.23. The van der Waals surface area contributed by atoms with E-state index in [1.54, 1.807) is 12.1 Å². The van der Waals surface area contributed by atoms with Crippen molar-refractivity contribution in [2.75, 3.05) is 46.4 Å². The number of amides is 2. The summed E-state index contributed by atoms with van der Waals surface area (Å²) in [6.07, 6.45) is 5.15. The van der Waals surface area contributed by atoms with Gasteiger partial charge in [0.25, 0.3) is 17.4 Å². The highest BCUT2D eigenvalue weighted by Crippen LogP contribution is 2.38. The van der Waals surface area contributed by atoms with Gasteiger partial charge in [-0.05, 0) is 43.6 Å². The molecular weight excluding hydrogens is 521 g/mol. The Labute approximate surface area is 229 Å². The second kappa shape index (κ2) is 11.8. The number of aromatic hydroxyl groups is 1. The third kappa shape index (κ3) is 5.54. The van der Waals surface area contributed by atoms with Crippen molar-refractivity contribution in [1.82, 2.24) is 25.1 Å². The minimum absolute atomic E-state index is 0.0425. The van der Waals surface area contributed by atoms with Gasteiger partial charge >= 0.3 is 0 Å². The predicted octanol–water partition coefficient (Wildman–Crippen LogP) is 1.61. The molecule has 210 valence electrons. The number of nitrogens with one attached hydrogen (secondary N) is 2. The van der Waals surface area contributed by atoms with Crippen LogP contribution < -0.4 is 20.9 Å². The van der Waals surface area contributed by atoms with Gasteiger partial charge in [0.2, 0.25) is 5.76 Å². The summed E-state index contributed by atoms with van der Waals surface area (Å²) in [4.78, 5) is 46.2. The Kier molecular flexibility index (Phi) is 8.08. The van der Waals surface area contributed by atoms with Gasteiger partial charge in [-0.3, -0.25) is 23.9 Å². The lowest BCUT2D eigenvalue weighted by atomic mass is 10.0. The van der Waals surface area contributed by atoms with Crippen LogP contribution in [0.1, 0.15) is 34.3 Å². The molecule has 0 saturated carbocycles. The van der Waals surface area contributed by atoms with E-state index < -0.39 is 28.7 Å². The lowest BCUT2D eigenvalue weighted by Crippen LogP contribution is -2.37. The summed E-state index contributed by atoms with van der Waals surface area (Å²) in [6, 6.07) is 5.86. The zero-order valence-electron chi connectivity index (χ0n) is 22.0. The van der Waals surface area contributed by atoms with Crippen LogP contribution in [0.3, 0.4) is 0 Å². The normalized spacial score (nSPS) is 14.6. The molecule has 0 unspecified atom stereocenters. The molecule has 0 aliphatic carbocycles. The first-order valence-corrected chi connectivity index (χ1v) is 13.1. The number of carbonyl (C=O) groups is 2. The maximum atomic E-state index is 13.6. The van der Waals surface area contributed by atoms with Gasteiger partial charge in [-0.25, -0.2) is 4.39 Å². The number of rotatable bonds is 10. The first-order valence-electron chi connectivity index (χ1n) is 13.1. The summed E-state index contributed by atoms with van der Waals surface area (Å²) in [6.45, 7) is 3.36. The van der Waals surface area contributed by atoms with Crippen LogP contribution >= 0.6 is 0 Å². The van der Waals surface area contributed by atoms with Gasteiger partial charge in [0, 0.05) is 44.9 Å². The molecule has 12 heteroatoms. The molecule has 1 aromatic carbocycles. The van der Waals surface area contributed by atoms with E-state index in [2.05, 4.69) is 20.5 Å². The topological polar surface area (TPSA) is 135 Å². The Balaban J connectivity index is 1.55. The molecule has 2 aromatic heterocycles. The SMILES string of the molecule is COCCNC(=O)c1c(O)c2ncc(Cc3ccc(F)cc3)c3c2n(c1=O)C=C(C(=O)NCCN1CCCC1)O3. The molecule has 5 rings (SSSR count). The van der Waals surface area contributed by atoms with E-state index >= 15 is 0 Å². The van der Waals surface area contributed by atoms with Crippen LogP contribution in [0.15, 0.2) is 41.0 Å². The first-order chi connectivity index (χ1) is 19.4. The van der Waals surface area contributed by atoms with Gasteiger partial charge in [0.1, 0.15) is 22.4 Å².